The van der Waals surface area contributed by atoms with Crippen molar-refractivity contribution in [1.29, 1.82) is 0 Å². The van der Waals surface area contributed by atoms with Crippen LogP contribution >= 0.6 is 0 Å². The maximum absolute atomic E-state index is 4.84. The van der Waals surface area contributed by atoms with E-state index in [0.29, 0.717) is 0 Å². The molecule has 2 heterocycles. The van der Waals surface area contributed by atoms with Crippen molar-refractivity contribution in [3.05, 3.63) is 127 Å². The first-order chi connectivity index (χ1) is 20.1. The van der Waals surface area contributed by atoms with Gasteiger partial charge in [-0.25, -0.2) is 0 Å². The second-order valence-corrected chi connectivity index (χ2v) is 11.6. The Kier molecular flexibility index (Phi) is 4.36. The number of aromatic nitrogens is 2. The molecule has 0 atom stereocenters. The molecule has 4 nitrogen and oxygen atoms in total. The summed E-state index contributed by atoms with van der Waals surface area (Å²) in [5.41, 5.74) is 12.7. The molecular weight excluding hydrogens is 500 g/mol. The highest BCUT2D eigenvalue weighted by atomic mass is 15.2. The highest BCUT2D eigenvalue weighted by molar-refractivity contribution is 6.24. The average molecular weight is 527 g/mol. The number of benzene rings is 6. The summed E-state index contributed by atoms with van der Waals surface area (Å²) in [5.74, 6) is 0. The smallest absolute Gasteiger partial charge is 0.0971 e. The molecule has 7 aromatic rings. The summed E-state index contributed by atoms with van der Waals surface area (Å²) in [6.07, 6.45) is 3.60. The summed E-state index contributed by atoms with van der Waals surface area (Å²) in [6.45, 7) is 4.70. The van der Waals surface area contributed by atoms with E-state index in [9.17, 15) is 0 Å². The number of nitrogens with one attached hydrogen (secondary N) is 1. The Balaban J connectivity index is 1.33. The van der Waals surface area contributed by atoms with Crippen LogP contribution < -0.4 is 10.2 Å². The molecule has 0 bridgehead atoms. The Bertz CT molecular complexity index is 2180. The van der Waals surface area contributed by atoms with Crippen molar-refractivity contribution in [2.75, 3.05) is 10.2 Å². The number of hydrogen-bond donors (Lipinski definition) is 1. The van der Waals surface area contributed by atoms with Crippen molar-refractivity contribution < 1.29 is 0 Å². The van der Waals surface area contributed by atoms with E-state index in [0.717, 1.165) is 50.2 Å². The number of fused-ring (bicyclic) bond motifs is 11. The van der Waals surface area contributed by atoms with Crippen molar-refractivity contribution >= 4 is 61.0 Å². The van der Waals surface area contributed by atoms with Gasteiger partial charge in [0.2, 0.25) is 0 Å². The number of para-hydroxylation sites is 4. The molecule has 0 fully saturated rings. The maximum atomic E-state index is 4.84. The molecule has 0 unspecified atom stereocenters. The first-order valence-corrected chi connectivity index (χ1v) is 14.1. The monoisotopic (exact) mass is 526 g/mol. The average Bonchev–Trinajstić information content (AvgIpc) is 3.24. The van der Waals surface area contributed by atoms with Crippen LogP contribution in [0.15, 0.2) is 116 Å². The lowest BCUT2D eigenvalue weighted by molar-refractivity contribution is 0.661. The van der Waals surface area contributed by atoms with Crippen molar-refractivity contribution in [3.8, 4) is 11.1 Å². The highest BCUT2D eigenvalue weighted by Gasteiger charge is 2.37. The van der Waals surface area contributed by atoms with Crippen LogP contribution in [0.5, 0.6) is 0 Å². The number of nitrogens with zero attached hydrogens (tertiary/aromatic N) is 3. The van der Waals surface area contributed by atoms with Gasteiger partial charge in [0.05, 0.1) is 33.8 Å². The summed E-state index contributed by atoms with van der Waals surface area (Å²) in [6, 6.07) is 37.4. The lowest BCUT2D eigenvalue weighted by atomic mass is 9.81. The Morgan fingerprint density at radius 3 is 1.90 bits per heavy atom. The first kappa shape index (κ1) is 22.6. The lowest BCUT2D eigenvalue weighted by Gasteiger charge is -2.34. The third-order valence-electron chi connectivity index (χ3n) is 9.04. The zero-order chi connectivity index (χ0) is 27.3. The molecule has 194 valence electrons. The van der Waals surface area contributed by atoms with Gasteiger partial charge >= 0.3 is 0 Å². The molecular formula is C37H26N4. The van der Waals surface area contributed by atoms with E-state index in [2.05, 4.69) is 127 Å². The van der Waals surface area contributed by atoms with Crippen LogP contribution in [0.2, 0.25) is 0 Å². The topological polar surface area (TPSA) is 41.0 Å². The minimum atomic E-state index is -0.130. The minimum absolute atomic E-state index is 0.130. The van der Waals surface area contributed by atoms with Gasteiger partial charge in [-0.2, -0.15) is 0 Å². The SMILES string of the molecule is CC1(C)c2ccc(N3c4ccccc4Nc4ccccc43)cc2-c2cc3c(cc21)c1ccccc1c1nccnc31. The molecule has 0 saturated heterocycles. The Morgan fingerprint density at radius 2 is 1.17 bits per heavy atom. The predicted octanol–water partition coefficient (Wildman–Crippen LogP) is 9.77. The second kappa shape index (κ2) is 7.92. The Labute approximate surface area is 237 Å². The molecule has 0 saturated carbocycles. The summed E-state index contributed by atoms with van der Waals surface area (Å²) in [5, 5.41) is 8.37. The largest absolute Gasteiger partial charge is 0.352 e. The van der Waals surface area contributed by atoms with Crippen molar-refractivity contribution in [2.24, 2.45) is 0 Å². The Morgan fingerprint density at radius 1 is 0.561 bits per heavy atom. The van der Waals surface area contributed by atoms with Gasteiger partial charge in [-0.15, -0.1) is 0 Å². The summed E-state index contributed by atoms with van der Waals surface area (Å²) >= 11 is 0. The maximum Gasteiger partial charge on any atom is 0.0971 e. The van der Waals surface area contributed by atoms with E-state index < -0.39 is 0 Å². The van der Waals surface area contributed by atoms with Crippen molar-refractivity contribution in [1.82, 2.24) is 9.97 Å². The van der Waals surface area contributed by atoms with Crippen LogP contribution in [-0.4, -0.2) is 9.97 Å². The van der Waals surface area contributed by atoms with Crippen LogP contribution in [0.1, 0.15) is 25.0 Å². The van der Waals surface area contributed by atoms with Crippen molar-refractivity contribution in [3.63, 3.8) is 0 Å². The molecule has 41 heavy (non-hydrogen) atoms. The van der Waals surface area contributed by atoms with Crippen molar-refractivity contribution in [2.45, 2.75) is 19.3 Å². The molecule has 0 spiro atoms. The fourth-order valence-corrected chi connectivity index (χ4v) is 7.10. The molecule has 2 aliphatic rings. The molecule has 1 N–H and O–H groups in total. The first-order valence-electron chi connectivity index (χ1n) is 14.1. The van der Waals surface area contributed by atoms with Crippen LogP contribution in [0.25, 0.3) is 43.7 Å². The molecule has 6 aromatic carbocycles. The normalized spacial score (nSPS) is 14.4. The fourth-order valence-electron chi connectivity index (χ4n) is 7.10. The van der Waals surface area contributed by atoms with Gasteiger partial charge in [0.1, 0.15) is 0 Å². The third-order valence-corrected chi connectivity index (χ3v) is 9.04. The highest BCUT2D eigenvalue weighted by Crippen LogP contribution is 2.54. The second-order valence-electron chi connectivity index (χ2n) is 11.6. The molecule has 4 heteroatoms. The van der Waals surface area contributed by atoms with Gasteiger partial charge < -0.3 is 10.2 Å². The summed E-state index contributed by atoms with van der Waals surface area (Å²) < 4.78 is 0. The van der Waals surface area contributed by atoms with Gasteiger partial charge in [0, 0.05) is 34.3 Å². The van der Waals surface area contributed by atoms with E-state index in [4.69, 9.17) is 9.97 Å². The zero-order valence-electron chi connectivity index (χ0n) is 22.8. The van der Waals surface area contributed by atoms with E-state index >= 15 is 0 Å². The van der Waals surface area contributed by atoms with Gasteiger partial charge in [-0.05, 0) is 81.6 Å². The van der Waals surface area contributed by atoms with Crippen LogP contribution in [0, 0.1) is 0 Å². The van der Waals surface area contributed by atoms with Gasteiger partial charge in [0.25, 0.3) is 0 Å². The molecule has 0 radical (unpaired) electrons. The van der Waals surface area contributed by atoms with Crippen LogP contribution in [-0.2, 0) is 5.41 Å². The van der Waals surface area contributed by atoms with E-state index in [-0.39, 0.29) is 5.41 Å². The van der Waals surface area contributed by atoms with E-state index in [1.807, 2.05) is 0 Å². The van der Waals surface area contributed by atoms with Gasteiger partial charge in [0.15, 0.2) is 0 Å². The minimum Gasteiger partial charge on any atom is -0.352 e. The number of hydrogen-bond acceptors (Lipinski definition) is 4. The molecule has 1 aliphatic carbocycles. The quantitative estimate of drug-likeness (QED) is 0.216. The molecule has 1 aliphatic heterocycles. The number of anilines is 5. The number of rotatable bonds is 1. The summed E-state index contributed by atoms with van der Waals surface area (Å²) in [4.78, 5) is 12.0. The fraction of sp³-hybridized carbons (Fsp3) is 0.0811. The van der Waals surface area contributed by atoms with E-state index in [1.54, 1.807) is 12.4 Å². The van der Waals surface area contributed by atoms with Crippen LogP contribution in [0.4, 0.5) is 28.4 Å². The molecule has 9 rings (SSSR count). The standard InChI is InChI=1S/C37H26N4/c1-37(2)29-16-15-22(41-33-13-7-5-11-31(33)40-32-12-6-8-14-34(32)41)19-26(29)27-20-28-25(21-30(27)37)23-9-3-4-10-24(23)35-36(28)39-18-17-38-35/h3-21,40H,1-2H3. The van der Waals surface area contributed by atoms with E-state index in [1.165, 1.54) is 33.0 Å². The zero-order valence-corrected chi connectivity index (χ0v) is 22.8. The summed E-state index contributed by atoms with van der Waals surface area (Å²) in [7, 11) is 0. The lowest BCUT2D eigenvalue weighted by Crippen LogP contribution is -2.18. The molecule has 0 amide bonds. The third kappa shape index (κ3) is 2.99. The van der Waals surface area contributed by atoms with Gasteiger partial charge in [-0.3, -0.25) is 9.97 Å². The predicted molar refractivity (Wildman–Crippen MR) is 170 cm³/mol. The molecule has 1 aromatic heterocycles. The van der Waals surface area contributed by atoms with Crippen LogP contribution in [0.3, 0.4) is 0 Å². The Hall–Kier alpha value is -5.22. The van der Waals surface area contributed by atoms with Gasteiger partial charge in [-0.1, -0.05) is 68.4 Å².